The van der Waals surface area contributed by atoms with Gasteiger partial charge in [0.2, 0.25) is 5.91 Å². The Morgan fingerprint density at radius 3 is 2.28 bits per heavy atom. The average Bonchev–Trinajstić information content (AvgIpc) is 2.56. The Kier molecular flexibility index (Phi) is 7.10. The maximum absolute atomic E-state index is 12.1. The number of amides is 1. The van der Waals surface area contributed by atoms with E-state index < -0.39 is 9.84 Å². The van der Waals surface area contributed by atoms with Crippen LogP contribution in [0.2, 0.25) is 0 Å². The van der Waals surface area contributed by atoms with Gasteiger partial charge in [0, 0.05) is 16.5 Å². The molecule has 0 saturated heterocycles. The first-order chi connectivity index (χ1) is 11.8. The van der Waals surface area contributed by atoms with Crippen LogP contribution in [0.3, 0.4) is 0 Å². The Morgan fingerprint density at radius 2 is 1.72 bits per heavy atom. The van der Waals surface area contributed by atoms with Crippen molar-refractivity contribution in [2.24, 2.45) is 0 Å². The van der Waals surface area contributed by atoms with Crippen molar-refractivity contribution < 1.29 is 13.2 Å². The normalized spacial score (nSPS) is 12.6. The molecule has 0 aromatic heterocycles. The standard InChI is InChI=1S/C18H20BrNO3S2/c1-13(15-5-9-17(10-6-15)25(2,22)23)20-18(21)12-24-11-14-3-7-16(19)8-4-14/h3-10,13H,11-12H2,1-2H3,(H,20,21)/t13-/m1/s1. The van der Waals surface area contributed by atoms with Crippen LogP contribution in [0.15, 0.2) is 57.9 Å². The molecule has 0 radical (unpaired) electrons. The summed E-state index contributed by atoms with van der Waals surface area (Å²) in [5, 5.41) is 2.93. The van der Waals surface area contributed by atoms with E-state index in [2.05, 4.69) is 21.2 Å². The molecule has 0 unspecified atom stereocenters. The van der Waals surface area contributed by atoms with E-state index in [0.717, 1.165) is 15.8 Å². The van der Waals surface area contributed by atoms with Crippen molar-refractivity contribution in [1.82, 2.24) is 5.32 Å². The second-order valence-corrected chi connectivity index (χ2v) is 9.67. The summed E-state index contributed by atoms with van der Waals surface area (Å²) < 4.78 is 24.0. The average molecular weight is 442 g/mol. The van der Waals surface area contributed by atoms with Crippen LogP contribution < -0.4 is 5.32 Å². The van der Waals surface area contributed by atoms with Gasteiger partial charge in [0.05, 0.1) is 16.7 Å². The quantitative estimate of drug-likeness (QED) is 0.705. The maximum Gasteiger partial charge on any atom is 0.230 e. The molecule has 2 rings (SSSR count). The third-order valence-corrected chi connectivity index (χ3v) is 6.26. The van der Waals surface area contributed by atoms with E-state index in [0.29, 0.717) is 5.75 Å². The lowest BCUT2D eigenvalue weighted by Crippen LogP contribution is -2.28. The molecule has 134 valence electrons. The molecule has 0 heterocycles. The predicted octanol–water partition coefficient (Wildman–Crippen LogP) is 3.96. The van der Waals surface area contributed by atoms with Crippen LogP contribution in [0.1, 0.15) is 24.1 Å². The van der Waals surface area contributed by atoms with Crippen LogP contribution in [-0.2, 0) is 20.4 Å². The molecule has 0 bridgehead atoms. The number of carbonyl (C=O) groups excluding carboxylic acids is 1. The summed E-state index contributed by atoms with van der Waals surface area (Å²) in [6, 6.07) is 14.4. The topological polar surface area (TPSA) is 63.2 Å². The SMILES string of the molecule is C[C@@H](NC(=O)CSCc1ccc(Br)cc1)c1ccc(S(C)(=O)=O)cc1. The number of hydrogen-bond acceptors (Lipinski definition) is 4. The minimum absolute atomic E-state index is 0.0400. The molecule has 0 spiro atoms. The molecule has 1 N–H and O–H groups in total. The monoisotopic (exact) mass is 441 g/mol. The van der Waals surface area contributed by atoms with Gasteiger partial charge in [-0.25, -0.2) is 8.42 Å². The van der Waals surface area contributed by atoms with Crippen molar-refractivity contribution in [2.45, 2.75) is 23.6 Å². The second-order valence-electron chi connectivity index (χ2n) is 5.75. The fraction of sp³-hybridized carbons (Fsp3) is 0.278. The lowest BCUT2D eigenvalue weighted by atomic mass is 10.1. The van der Waals surface area contributed by atoms with E-state index in [1.165, 1.54) is 11.8 Å². The molecule has 4 nitrogen and oxygen atoms in total. The summed E-state index contributed by atoms with van der Waals surface area (Å²) in [4.78, 5) is 12.3. The fourth-order valence-electron chi connectivity index (χ4n) is 2.21. The first kappa shape index (κ1) is 20.0. The van der Waals surface area contributed by atoms with Crippen LogP contribution in [-0.4, -0.2) is 26.3 Å². The first-order valence-electron chi connectivity index (χ1n) is 7.67. The summed E-state index contributed by atoms with van der Waals surface area (Å²) in [5.74, 6) is 1.11. The second kappa shape index (κ2) is 8.87. The molecular formula is C18H20BrNO3S2. The van der Waals surface area contributed by atoms with Crippen molar-refractivity contribution >= 4 is 43.4 Å². The third kappa shape index (κ3) is 6.49. The molecular weight excluding hydrogens is 422 g/mol. The molecule has 25 heavy (non-hydrogen) atoms. The lowest BCUT2D eigenvalue weighted by molar-refractivity contribution is -0.119. The van der Waals surface area contributed by atoms with Gasteiger partial charge in [-0.1, -0.05) is 40.2 Å². The highest BCUT2D eigenvalue weighted by Crippen LogP contribution is 2.18. The van der Waals surface area contributed by atoms with Gasteiger partial charge < -0.3 is 5.32 Å². The summed E-state index contributed by atoms with van der Waals surface area (Å²) in [5.41, 5.74) is 2.05. The maximum atomic E-state index is 12.1. The molecule has 7 heteroatoms. The Bertz CT molecular complexity index is 818. The molecule has 0 saturated carbocycles. The summed E-state index contributed by atoms with van der Waals surface area (Å²) in [7, 11) is -3.20. The Morgan fingerprint density at radius 1 is 1.12 bits per heavy atom. The van der Waals surface area contributed by atoms with Gasteiger partial charge in [0.25, 0.3) is 0 Å². The number of carbonyl (C=O) groups is 1. The van der Waals surface area contributed by atoms with Gasteiger partial charge in [0.1, 0.15) is 0 Å². The third-order valence-electron chi connectivity index (χ3n) is 3.60. The minimum Gasteiger partial charge on any atom is -0.349 e. The van der Waals surface area contributed by atoms with Crippen molar-refractivity contribution in [1.29, 1.82) is 0 Å². The molecule has 1 atom stereocenters. The molecule has 0 aliphatic rings. The van der Waals surface area contributed by atoms with Crippen LogP contribution in [0.4, 0.5) is 0 Å². The molecule has 0 aliphatic heterocycles. The summed E-state index contributed by atoms with van der Waals surface area (Å²) in [6.07, 6.45) is 1.18. The number of nitrogens with one attached hydrogen (secondary N) is 1. The van der Waals surface area contributed by atoms with Crippen molar-refractivity contribution in [3.05, 3.63) is 64.1 Å². The number of sulfone groups is 1. The lowest BCUT2D eigenvalue weighted by Gasteiger charge is -2.14. The van der Waals surface area contributed by atoms with E-state index in [9.17, 15) is 13.2 Å². The smallest absolute Gasteiger partial charge is 0.230 e. The Labute approximate surface area is 161 Å². The summed E-state index contributed by atoms with van der Waals surface area (Å²) in [6.45, 7) is 1.88. The number of thioether (sulfide) groups is 1. The first-order valence-corrected chi connectivity index (χ1v) is 11.5. The molecule has 1 amide bonds. The molecule has 2 aromatic rings. The van der Waals surface area contributed by atoms with Crippen LogP contribution in [0, 0.1) is 0 Å². The largest absolute Gasteiger partial charge is 0.349 e. The van der Waals surface area contributed by atoms with Gasteiger partial charge in [-0.15, -0.1) is 11.8 Å². The molecule has 0 aliphatic carbocycles. The zero-order chi connectivity index (χ0) is 18.4. The number of benzene rings is 2. The highest BCUT2D eigenvalue weighted by molar-refractivity contribution is 9.10. The molecule has 2 aromatic carbocycles. The number of rotatable bonds is 7. The zero-order valence-electron chi connectivity index (χ0n) is 14.0. The van der Waals surface area contributed by atoms with E-state index in [-0.39, 0.29) is 16.8 Å². The van der Waals surface area contributed by atoms with Crippen molar-refractivity contribution in [3.63, 3.8) is 0 Å². The van der Waals surface area contributed by atoms with Gasteiger partial charge in [-0.3, -0.25) is 4.79 Å². The highest BCUT2D eigenvalue weighted by atomic mass is 79.9. The van der Waals surface area contributed by atoms with Crippen molar-refractivity contribution in [2.75, 3.05) is 12.0 Å². The zero-order valence-corrected chi connectivity index (χ0v) is 17.2. The number of halogens is 1. The summed E-state index contributed by atoms with van der Waals surface area (Å²) >= 11 is 4.95. The van der Waals surface area contributed by atoms with Crippen LogP contribution >= 0.6 is 27.7 Å². The van der Waals surface area contributed by atoms with Gasteiger partial charge >= 0.3 is 0 Å². The Hall–Kier alpha value is -1.31. The predicted molar refractivity (Wildman–Crippen MR) is 106 cm³/mol. The highest BCUT2D eigenvalue weighted by Gasteiger charge is 2.12. The fourth-order valence-corrected chi connectivity index (χ4v) is 3.91. The van der Waals surface area contributed by atoms with Gasteiger partial charge in [0.15, 0.2) is 9.84 Å². The molecule has 0 fully saturated rings. The minimum atomic E-state index is -3.20. The van der Waals surface area contributed by atoms with E-state index >= 15 is 0 Å². The van der Waals surface area contributed by atoms with Crippen molar-refractivity contribution in [3.8, 4) is 0 Å². The van der Waals surface area contributed by atoms with Gasteiger partial charge in [-0.05, 0) is 42.3 Å². The van der Waals surface area contributed by atoms with Gasteiger partial charge in [-0.2, -0.15) is 0 Å². The van der Waals surface area contributed by atoms with E-state index in [1.54, 1.807) is 36.0 Å². The van der Waals surface area contributed by atoms with Crippen LogP contribution in [0.25, 0.3) is 0 Å². The number of hydrogen-bond donors (Lipinski definition) is 1. The van der Waals surface area contributed by atoms with E-state index in [4.69, 9.17) is 0 Å². The van der Waals surface area contributed by atoms with Crippen LogP contribution in [0.5, 0.6) is 0 Å². The Balaban J connectivity index is 1.82. The van der Waals surface area contributed by atoms with E-state index in [1.807, 2.05) is 31.2 Å².